The van der Waals surface area contributed by atoms with Crippen molar-refractivity contribution in [1.82, 2.24) is 10.2 Å². The lowest BCUT2D eigenvalue weighted by Crippen LogP contribution is -2.48. The summed E-state index contributed by atoms with van der Waals surface area (Å²) in [4.78, 5) is 26.3. The van der Waals surface area contributed by atoms with Gasteiger partial charge < -0.3 is 15.0 Å². The van der Waals surface area contributed by atoms with Crippen LogP contribution in [-0.2, 0) is 16.1 Å². The molecule has 1 unspecified atom stereocenters. The average molecular weight is 474 g/mol. The van der Waals surface area contributed by atoms with Crippen molar-refractivity contribution in [2.75, 3.05) is 13.7 Å². The van der Waals surface area contributed by atoms with Gasteiger partial charge in [-0.1, -0.05) is 35.3 Å². The van der Waals surface area contributed by atoms with Crippen molar-refractivity contribution in [2.45, 2.75) is 19.5 Å². The van der Waals surface area contributed by atoms with Gasteiger partial charge in [-0.15, -0.1) is 0 Å². The molecule has 8 heteroatoms. The molecule has 0 aliphatic carbocycles. The number of amides is 2. The summed E-state index contributed by atoms with van der Waals surface area (Å²) in [5.74, 6) is -0.103. The molecule has 0 bridgehead atoms. The van der Waals surface area contributed by atoms with Gasteiger partial charge in [-0.3, -0.25) is 9.59 Å². The molecular weight excluding hydrogens is 455 g/mol. The lowest BCUT2D eigenvalue weighted by atomic mass is 10.1. The monoisotopic (exact) mass is 472 g/mol. The number of carbonyl (C=O) groups excluding carboxylic acids is 2. The molecule has 0 aromatic heterocycles. The van der Waals surface area contributed by atoms with Crippen LogP contribution in [-0.4, -0.2) is 36.4 Å². The first-order chi connectivity index (χ1) is 12.8. The minimum atomic E-state index is -0.668. The van der Waals surface area contributed by atoms with E-state index in [0.29, 0.717) is 20.3 Å². The van der Waals surface area contributed by atoms with Crippen LogP contribution in [0.25, 0.3) is 0 Å². The molecule has 2 rings (SSSR count). The van der Waals surface area contributed by atoms with E-state index in [0.717, 1.165) is 5.56 Å². The third-order valence-electron chi connectivity index (χ3n) is 3.90. The van der Waals surface area contributed by atoms with Gasteiger partial charge in [-0.05, 0) is 58.7 Å². The summed E-state index contributed by atoms with van der Waals surface area (Å²) < 4.78 is 6.25. The number of hydrogen-bond donors (Lipinski definition) is 1. The van der Waals surface area contributed by atoms with E-state index >= 15 is 0 Å². The van der Waals surface area contributed by atoms with E-state index in [1.807, 2.05) is 6.07 Å². The normalized spacial score (nSPS) is 11.6. The maximum Gasteiger partial charge on any atom is 0.261 e. The van der Waals surface area contributed by atoms with Crippen LogP contribution < -0.4 is 10.1 Å². The van der Waals surface area contributed by atoms with Crippen molar-refractivity contribution in [3.8, 4) is 5.75 Å². The summed E-state index contributed by atoms with van der Waals surface area (Å²) in [6.07, 6.45) is 0. The molecule has 1 N–H and O–H groups in total. The number of nitrogens with one attached hydrogen (secondary N) is 1. The van der Waals surface area contributed by atoms with E-state index < -0.39 is 6.04 Å². The van der Waals surface area contributed by atoms with E-state index in [9.17, 15) is 9.59 Å². The second-order valence-corrected chi connectivity index (χ2v) is 7.53. The van der Waals surface area contributed by atoms with Gasteiger partial charge >= 0.3 is 0 Å². The number of benzene rings is 2. The molecule has 0 heterocycles. The number of carbonyl (C=O) groups is 2. The molecule has 0 fully saturated rings. The lowest BCUT2D eigenvalue weighted by molar-refractivity contribution is -0.142. The molecule has 2 aromatic carbocycles. The van der Waals surface area contributed by atoms with Gasteiger partial charge in [-0.2, -0.15) is 0 Å². The fraction of sp³-hybridized carbons (Fsp3) is 0.263. The fourth-order valence-electron chi connectivity index (χ4n) is 2.44. The van der Waals surface area contributed by atoms with Gasteiger partial charge in [0.2, 0.25) is 5.91 Å². The van der Waals surface area contributed by atoms with Crippen LogP contribution in [0, 0.1) is 0 Å². The second kappa shape index (κ2) is 9.97. The van der Waals surface area contributed by atoms with E-state index in [1.54, 1.807) is 43.3 Å². The molecule has 144 valence electrons. The largest absolute Gasteiger partial charge is 0.483 e. The highest BCUT2D eigenvalue weighted by atomic mass is 79.9. The van der Waals surface area contributed by atoms with Crippen molar-refractivity contribution >= 4 is 50.9 Å². The fourth-order valence-corrected chi connectivity index (χ4v) is 3.45. The van der Waals surface area contributed by atoms with Crippen LogP contribution in [0.1, 0.15) is 12.5 Å². The molecule has 0 saturated carbocycles. The third kappa shape index (κ3) is 6.13. The van der Waals surface area contributed by atoms with Crippen LogP contribution in [0.5, 0.6) is 5.75 Å². The zero-order chi connectivity index (χ0) is 20.0. The summed E-state index contributed by atoms with van der Waals surface area (Å²) in [6.45, 7) is 1.68. The standard InChI is InChI=1S/C19H19BrCl2N2O3/c1-12(19(26)23-2)24(10-13-4-3-5-14(21)8-13)18(25)11-27-17-7-6-15(22)9-16(17)20/h3-9,12H,10-11H2,1-2H3,(H,23,26). The van der Waals surface area contributed by atoms with Crippen LogP contribution in [0.3, 0.4) is 0 Å². The molecule has 0 aliphatic rings. The molecule has 0 radical (unpaired) electrons. The smallest absolute Gasteiger partial charge is 0.261 e. The minimum absolute atomic E-state index is 0.220. The molecule has 0 spiro atoms. The summed E-state index contributed by atoms with van der Waals surface area (Å²) in [5.41, 5.74) is 0.819. The van der Waals surface area contributed by atoms with Crippen LogP contribution >= 0.6 is 39.1 Å². The highest BCUT2D eigenvalue weighted by molar-refractivity contribution is 9.10. The average Bonchev–Trinajstić information content (AvgIpc) is 2.64. The van der Waals surface area contributed by atoms with Gasteiger partial charge in [0.1, 0.15) is 11.8 Å². The Balaban J connectivity index is 2.15. The number of ether oxygens (including phenoxy) is 1. The zero-order valence-electron chi connectivity index (χ0n) is 14.8. The topological polar surface area (TPSA) is 58.6 Å². The van der Waals surface area contributed by atoms with Crippen molar-refractivity contribution in [1.29, 1.82) is 0 Å². The Morgan fingerprint density at radius 2 is 1.89 bits per heavy atom. The summed E-state index contributed by atoms with van der Waals surface area (Å²) in [7, 11) is 1.53. The summed E-state index contributed by atoms with van der Waals surface area (Å²) in [5, 5.41) is 3.68. The maximum atomic E-state index is 12.8. The van der Waals surface area contributed by atoms with Gasteiger partial charge in [0.25, 0.3) is 5.91 Å². The molecule has 27 heavy (non-hydrogen) atoms. The predicted molar refractivity (Wildman–Crippen MR) is 110 cm³/mol. The van der Waals surface area contributed by atoms with Crippen LogP contribution in [0.15, 0.2) is 46.9 Å². The molecule has 1 atom stereocenters. The Hall–Kier alpha value is -1.76. The number of hydrogen-bond acceptors (Lipinski definition) is 3. The van der Waals surface area contributed by atoms with Crippen molar-refractivity contribution in [2.24, 2.45) is 0 Å². The van der Waals surface area contributed by atoms with Crippen molar-refractivity contribution in [3.05, 3.63) is 62.5 Å². The highest BCUT2D eigenvalue weighted by Crippen LogP contribution is 2.28. The SMILES string of the molecule is CNC(=O)C(C)N(Cc1cccc(Cl)c1)C(=O)COc1ccc(Cl)cc1Br. The second-order valence-electron chi connectivity index (χ2n) is 5.81. The van der Waals surface area contributed by atoms with Crippen molar-refractivity contribution in [3.63, 3.8) is 0 Å². The Morgan fingerprint density at radius 1 is 1.19 bits per heavy atom. The van der Waals surface area contributed by atoms with E-state index in [-0.39, 0.29) is 25.0 Å². The minimum Gasteiger partial charge on any atom is -0.483 e. The third-order valence-corrected chi connectivity index (χ3v) is 4.99. The summed E-state index contributed by atoms with van der Waals surface area (Å²) >= 11 is 15.3. The van der Waals surface area contributed by atoms with Crippen LogP contribution in [0.4, 0.5) is 0 Å². The van der Waals surface area contributed by atoms with Crippen LogP contribution in [0.2, 0.25) is 10.0 Å². The predicted octanol–water partition coefficient (Wildman–Crippen LogP) is 4.30. The van der Waals surface area contributed by atoms with E-state index in [1.165, 1.54) is 11.9 Å². The Bertz CT molecular complexity index is 832. The first-order valence-electron chi connectivity index (χ1n) is 8.15. The molecule has 0 aliphatic heterocycles. The summed E-state index contributed by atoms with van der Waals surface area (Å²) in [6, 6.07) is 11.5. The van der Waals surface area contributed by atoms with Gasteiger partial charge in [-0.25, -0.2) is 0 Å². The molecule has 2 aromatic rings. The lowest BCUT2D eigenvalue weighted by Gasteiger charge is -2.28. The van der Waals surface area contributed by atoms with E-state index in [4.69, 9.17) is 27.9 Å². The number of rotatable bonds is 7. The maximum absolute atomic E-state index is 12.8. The molecule has 0 saturated heterocycles. The Labute approximate surface area is 176 Å². The van der Waals surface area contributed by atoms with Gasteiger partial charge in [0.15, 0.2) is 6.61 Å². The molecule has 5 nitrogen and oxygen atoms in total. The highest BCUT2D eigenvalue weighted by Gasteiger charge is 2.26. The van der Waals surface area contributed by atoms with E-state index in [2.05, 4.69) is 21.2 Å². The first kappa shape index (κ1) is 21.5. The van der Waals surface area contributed by atoms with Gasteiger partial charge in [0.05, 0.1) is 4.47 Å². The number of likely N-dealkylation sites (N-methyl/N-ethyl adjacent to an activating group) is 1. The zero-order valence-corrected chi connectivity index (χ0v) is 17.9. The quantitative estimate of drug-likeness (QED) is 0.652. The molecular formula is C19H19BrCl2N2O3. The van der Waals surface area contributed by atoms with Crippen molar-refractivity contribution < 1.29 is 14.3 Å². The number of nitrogens with zero attached hydrogens (tertiary/aromatic N) is 1. The Morgan fingerprint density at radius 3 is 2.52 bits per heavy atom. The number of halogens is 3. The molecule has 2 amide bonds. The first-order valence-corrected chi connectivity index (χ1v) is 9.70. The van der Waals surface area contributed by atoms with Gasteiger partial charge in [0, 0.05) is 23.6 Å². The Kier molecular flexibility index (Phi) is 7.95.